The predicted octanol–water partition coefficient (Wildman–Crippen LogP) is 14.8. The molecular formula is C74H56O8. The number of fused-ring (bicyclic) bond motifs is 12. The summed E-state index contributed by atoms with van der Waals surface area (Å²) in [6.07, 6.45) is 0.644. The van der Waals surface area contributed by atoms with E-state index in [0.717, 1.165) is 53.8 Å². The zero-order valence-corrected chi connectivity index (χ0v) is 44.9. The average molecular weight is 1070 g/mol. The number of hydrogen-bond acceptors (Lipinski definition) is 8. The van der Waals surface area contributed by atoms with Crippen molar-refractivity contribution in [2.75, 3.05) is 33.0 Å². The van der Waals surface area contributed by atoms with Gasteiger partial charge < -0.3 is 37.9 Å². The molecule has 400 valence electrons. The molecule has 4 saturated heterocycles. The normalized spacial score (nSPS) is 22.8. The number of epoxide rings is 3. The Morgan fingerprint density at radius 2 is 0.756 bits per heavy atom. The first kappa shape index (κ1) is 48.0. The van der Waals surface area contributed by atoms with Crippen LogP contribution in [0.3, 0.4) is 0 Å². The van der Waals surface area contributed by atoms with Crippen molar-refractivity contribution in [1.29, 1.82) is 0 Å². The van der Waals surface area contributed by atoms with Crippen LogP contribution in [0.2, 0.25) is 0 Å². The summed E-state index contributed by atoms with van der Waals surface area (Å²) in [5.41, 5.74) is 13.5. The van der Waals surface area contributed by atoms with Gasteiger partial charge in [0.1, 0.15) is 73.3 Å². The Kier molecular flexibility index (Phi) is 11.1. The highest BCUT2D eigenvalue weighted by Crippen LogP contribution is 2.61. The Morgan fingerprint density at radius 1 is 0.366 bits per heavy atom. The van der Waals surface area contributed by atoms with Crippen LogP contribution < -0.4 is 18.9 Å². The van der Waals surface area contributed by atoms with Gasteiger partial charge in [-0.15, -0.1) is 0 Å². The third-order valence-corrected chi connectivity index (χ3v) is 18.1. The van der Waals surface area contributed by atoms with E-state index in [1.807, 2.05) is 0 Å². The Hall–Kier alpha value is -8.76. The molecule has 8 nitrogen and oxygen atoms in total. The third-order valence-electron chi connectivity index (χ3n) is 18.1. The van der Waals surface area contributed by atoms with Gasteiger partial charge in [0, 0.05) is 6.42 Å². The molecule has 0 bridgehead atoms. The van der Waals surface area contributed by atoms with Crippen LogP contribution in [-0.2, 0) is 29.8 Å². The van der Waals surface area contributed by atoms with Gasteiger partial charge in [-0.3, -0.25) is 0 Å². The SMILES string of the molecule is c1ccc2c(c1)-c1ccc3ccccc3c1C2(c1ccc(OCC2OC2C2OC2COc2ccc(C3(c4ccc(OCC5CO5)cc4)c4c(ccc5ccccc45)-c4ccc5ccccc5c43)cc2)cc1)c1ccc(OC2CCO2)cc1. The smallest absolute Gasteiger partial charge is 0.202 e. The molecule has 11 aromatic rings. The van der Waals surface area contributed by atoms with Gasteiger partial charge in [0.2, 0.25) is 6.29 Å². The fourth-order valence-electron chi connectivity index (χ4n) is 14.0. The lowest BCUT2D eigenvalue weighted by Crippen LogP contribution is -2.32. The van der Waals surface area contributed by atoms with Crippen molar-refractivity contribution in [2.45, 2.75) is 54.1 Å². The van der Waals surface area contributed by atoms with E-state index in [4.69, 9.17) is 37.9 Å². The van der Waals surface area contributed by atoms with E-state index in [1.165, 1.54) is 88.0 Å². The Balaban J connectivity index is 0.613. The van der Waals surface area contributed by atoms with Crippen LogP contribution in [0.4, 0.5) is 0 Å². The summed E-state index contributed by atoms with van der Waals surface area (Å²) in [6, 6.07) is 83.7. The molecule has 0 amide bonds. The first-order valence-corrected chi connectivity index (χ1v) is 28.8. The summed E-state index contributed by atoms with van der Waals surface area (Å²) in [4.78, 5) is 0. The van der Waals surface area contributed by atoms with Crippen LogP contribution in [0, 0.1) is 0 Å². The monoisotopic (exact) mass is 1070 g/mol. The Labute approximate surface area is 475 Å². The molecule has 0 spiro atoms. The summed E-state index contributed by atoms with van der Waals surface area (Å²) in [6.45, 7) is 2.89. The molecule has 11 aromatic carbocycles. The molecule has 8 heteroatoms. The Morgan fingerprint density at radius 3 is 1.21 bits per heavy atom. The lowest BCUT2D eigenvalue weighted by molar-refractivity contribution is -0.165. The molecule has 0 saturated carbocycles. The summed E-state index contributed by atoms with van der Waals surface area (Å²) in [5.74, 6) is 3.22. The molecule has 2 aliphatic carbocycles. The van der Waals surface area contributed by atoms with Gasteiger partial charge in [0.15, 0.2) is 0 Å². The van der Waals surface area contributed by atoms with E-state index < -0.39 is 10.8 Å². The van der Waals surface area contributed by atoms with Crippen molar-refractivity contribution >= 4 is 32.3 Å². The highest BCUT2D eigenvalue weighted by Gasteiger charge is 2.58. The highest BCUT2D eigenvalue weighted by molar-refractivity contribution is 6.06. The van der Waals surface area contributed by atoms with E-state index in [1.54, 1.807) is 0 Å². The molecule has 82 heavy (non-hydrogen) atoms. The first-order valence-electron chi connectivity index (χ1n) is 28.8. The van der Waals surface area contributed by atoms with Crippen molar-refractivity contribution in [3.05, 3.63) is 275 Å². The summed E-state index contributed by atoms with van der Waals surface area (Å²) in [5, 5.41) is 7.32. The van der Waals surface area contributed by atoms with Gasteiger partial charge in [-0.2, -0.15) is 0 Å². The molecule has 0 aromatic heterocycles. The summed E-state index contributed by atoms with van der Waals surface area (Å²) >= 11 is 0. The molecule has 4 aliphatic heterocycles. The van der Waals surface area contributed by atoms with Crippen molar-refractivity contribution in [1.82, 2.24) is 0 Å². The molecule has 0 radical (unpaired) electrons. The fourth-order valence-corrected chi connectivity index (χ4v) is 14.0. The van der Waals surface area contributed by atoms with Gasteiger partial charge in [-0.05, 0) is 148 Å². The minimum absolute atomic E-state index is 0.0491. The van der Waals surface area contributed by atoms with Crippen LogP contribution in [0.25, 0.3) is 54.6 Å². The minimum atomic E-state index is -0.657. The largest absolute Gasteiger partial charge is 0.491 e. The maximum atomic E-state index is 6.54. The maximum absolute atomic E-state index is 6.54. The zero-order chi connectivity index (χ0) is 53.9. The average Bonchev–Trinajstić information content (AvgIpc) is 2.89. The summed E-state index contributed by atoms with van der Waals surface area (Å²) < 4.78 is 48.9. The van der Waals surface area contributed by atoms with Gasteiger partial charge in [0.05, 0.1) is 24.0 Å². The Bertz CT molecular complexity index is 4200. The van der Waals surface area contributed by atoms with Gasteiger partial charge in [-0.25, -0.2) is 0 Å². The quantitative estimate of drug-likeness (QED) is 0.0885. The van der Waals surface area contributed by atoms with Crippen molar-refractivity contribution in [3.63, 3.8) is 0 Å². The van der Waals surface area contributed by atoms with Gasteiger partial charge in [0.25, 0.3) is 0 Å². The topological polar surface area (TPSA) is 83.7 Å². The van der Waals surface area contributed by atoms with Crippen LogP contribution >= 0.6 is 0 Å². The standard InChI is InChI=1S/C74H56O8/c1-4-12-57-45(9-1)17-36-61-60-15-7-8-16-64(60)73(68(57)61,49-26-34-55(35-27-49)80-67-39-40-75-67)48-20-28-53(29-21-48)78-43-65-71(81-65)72-66(82-72)44-79-54-32-24-51(25-33-54)74(50-22-30-52(31-23-50)76-41-56-42-77-56)69-58-13-5-2-10-46(58)18-37-62(69)63-38-19-47-11-3-6-14-59(47)70(63)74/h1-38,56,65-67,71-72H,39-44H2. The number of hydrogen-bond donors (Lipinski definition) is 0. The van der Waals surface area contributed by atoms with Crippen molar-refractivity contribution in [2.24, 2.45) is 0 Å². The van der Waals surface area contributed by atoms with E-state index in [2.05, 4.69) is 231 Å². The molecule has 4 fully saturated rings. The van der Waals surface area contributed by atoms with Crippen LogP contribution in [0.5, 0.6) is 23.0 Å². The number of rotatable bonds is 16. The van der Waals surface area contributed by atoms with E-state index in [9.17, 15) is 0 Å². The number of benzene rings is 11. The summed E-state index contributed by atoms with van der Waals surface area (Å²) in [7, 11) is 0. The van der Waals surface area contributed by atoms with Crippen LogP contribution in [0.15, 0.2) is 231 Å². The lowest BCUT2D eigenvalue weighted by atomic mass is 9.66. The van der Waals surface area contributed by atoms with Crippen LogP contribution in [-0.4, -0.2) is 69.8 Å². The second kappa shape index (κ2) is 18.9. The molecule has 17 rings (SSSR count). The number of ether oxygens (including phenoxy) is 8. The first-order chi connectivity index (χ1) is 40.6. The minimum Gasteiger partial charge on any atom is -0.491 e. The lowest BCUT2D eigenvalue weighted by Gasteiger charge is -2.35. The van der Waals surface area contributed by atoms with Crippen molar-refractivity contribution < 1.29 is 37.9 Å². The van der Waals surface area contributed by atoms with Crippen molar-refractivity contribution in [3.8, 4) is 45.3 Å². The van der Waals surface area contributed by atoms with Gasteiger partial charge in [-0.1, -0.05) is 182 Å². The molecule has 7 atom stereocenters. The van der Waals surface area contributed by atoms with Crippen LogP contribution in [0.1, 0.15) is 50.9 Å². The maximum Gasteiger partial charge on any atom is 0.202 e. The molecular weight excluding hydrogens is 1020 g/mol. The predicted molar refractivity (Wildman–Crippen MR) is 319 cm³/mol. The fraction of sp³-hybridized carbons (Fsp3) is 0.189. The highest BCUT2D eigenvalue weighted by atomic mass is 16.7. The molecule has 7 unspecified atom stereocenters. The molecule has 4 heterocycles. The molecule has 0 N–H and O–H groups in total. The van der Waals surface area contributed by atoms with E-state index in [-0.39, 0.29) is 36.8 Å². The second-order valence-electron chi connectivity index (χ2n) is 22.6. The third kappa shape index (κ3) is 7.66. The van der Waals surface area contributed by atoms with E-state index >= 15 is 0 Å². The zero-order valence-electron chi connectivity index (χ0n) is 44.9. The molecule has 6 aliphatic rings. The van der Waals surface area contributed by atoms with E-state index in [0.29, 0.717) is 19.8 Å². The van der Waals surface area contributed by atoms with Gasteiger partial charge >= 0.3 is 0 Å². The second-order valence-corrected chi connectivity index (χ2v) is 22.6.